The minimum absolute atomic E-state index is 0.205. The van der Waals surface area contributed by atoms with Crippen molar-refractivity contribution in [2.75, 3.05) is 11.9 Å². The molecular weight excluding hydrogens is 332 g/mol. The lowest BCUT2D eigenvalue weighted by Gasteiger charge is -2.17. The van der Waals surface area contributed by atoms with E-state index >= 15 is 0 Å². The zero-order chi connectivity index (χ0) is 17.8. The first-order valence-corrected chi connectivity index (χ1v) is 8.63. The quantitative estimate of drug-likeness (QED) is 0.831. The van der Waals surface area contributed by atoms with Gasteiger partial charge in [0, 0.05) is 12.7 Å². The fourth-order valence-corrected chi connectivity index (χ4v) is 3.33. The number of aromatic hydroxyl groups is 1. The molecule has 0 aromatic heterocycles. The lowest BCUT2D eigenvalue weighted by atomic mass is 10.1. The molecule has 0 bridgehead atoms. The number of benzene rings is 2. The molecule has 0 aliphatic carbocycles. The smallest absolute Gasteiger partial charge is 0.286 e. The number of hydrogen-bond donors (Lipinski definition) is 1. The minimum atomic E-state index is -0.230. The lowest BCUT2D eigenvalue weighted by Crippen LogP contribution is -2.21. The molecule has 0 saturated carbocycles. The Morgan fingerprint density at radius 3 is 2.48 bits per heavy atom. The maximum Gasteiger partial charge on any atom is 0.286 e. The molecule has 0 radical (unpaired) electrons. The average Bonchev–Trinajstić information content (AvgIpc) is 2.96. The fraction of sp³-hybridized carbons (Fsp3) is 0.100. The fourth-order valence-electron chi connectivity index (χ4n) is 2.39. The van der Waals surface area contributed by atoms with E-state index in [0.29, 0.717) is 10.1 Å². The number of amides is 1. The Labute approximate surface area is 151 Å². The molecule has 0 unspecified atom stereocenters. The molecule has 4 nitrogen and oxygen atoms in total. The van der Waals surface area contributed by atoms with Crippen LogP contribution >= 0.6 is 11.8 Å². The van der Waals surface area contributed by atoms with Gasteiger partial charge in [0.25, 0.3) is 5.91 Å². The molecule has 2 aromatic rings. The number of thioether (sulfide) groups is 1. The molecule has 5 heteroatoms. The second-order valence-corrected chi connectivity index (χ2v) is 6.69. The highest BCUT2D eigenvalue weighted by Gasteiger charge is 2.25. The van der Waals surface area contributed by atoms with Crippen molar-refractivity contribution < 1.29 is 9.90 Å². The molecule has 25 heavy (non-hydrogen) atoms. The first-order chi connectivity index (χ1) is 12.0. The van der Waals surface area contributed by atoms with Gasteiger partial charge < -0.3 is 10.0 Å². The van der Waals surface area contributed by atoms with Crippen LogP contribution in [0.5, 0.6) is 5.75 Å². The van der Waals surface area contributed by atoms with Crippen LogP contribution in [0.1, 0.15) is 12.5 Å². The predicted molar refractivity (Wildman–Crippen MR) is 105 cm³/mol. The van der Waals surface area contributed by atoms with Crippen LogP contribution in [-0.2, 0) is 4.79 Å². The van der Waals surface area contributed by atoms with E-state index in [1.54, 1.807) is 24.3 Å². The van der Waals surface area contributed by atoms with E-state index in [4.69, 9.17) is 0 Å². The summed E-state index contributed by atoms with van der Waals surface area (Å²) < 4.78 is 0. The van der Waals surface area contributed by atoms with Crippen molar-refractivity contribution in [3.05, 3.63) is 76.7 Å². The predicted octanol–water partition coefficient (Wildman–Crippen LogP) is 4.45. The molecule has 2 aromatic carbocycles. The molecule has 1 amide bonds. The van der Waals surface area contributed by atoms with Gasteiger partial charge in [-0.1, -0.05) is 36.4 Å². The summed E-state index contributed by atoms with van der Waals surface area (Å²) in [5, 5.41) is 10.0. The van der Waals surface area contributed by atoms with E-state index < -0.39 is 0 Å². The van der Waals surface area contributed by atoms with Crippen LogP contribution < -0.4 is 4.90 Å². The monoisotopic (exact) mass is 350 g/mol. The first kappa shape index (κ1) is 17.0. The molecular formula is C20H18N2O2S. The summed E-state index contributed by atoms with van der Waals surface area (Å²) in [6, 6.07) is 16.8. The second-order valence-electron chi connectivity index (χ2n) is 5.68. The number of carbonyl (C=O) groups is 1. The van der Waals surface area contributed by atoms with Crippen molar-refractivity contribution in [3.63, 3.8) is 0 Å². The summed E-state index contributed by atoms with van der Waals surface area (Å²) in [7, 11) is 1.85. The highest BCUT2D eigenvalue weighted by Crippen LogP contribution is 2.31. The van der Waals surface area contributed by atoms with Gasteiger partial charge in [0.15, 0.2) is 5.17 Å². The van der Waals surface area contributed by atoms with E-state index in [0.717, 1.165) is 16.8 Å². The third-order valence-corrected chi connectivity index (χ3v) is 4.75. The van der Waals surface area contributed by atoms with Gasteiger partial charge in [-0.15, -0.1) is 0 Å². The highest BCUT2D eigenvalue weighted by molar-refractivity contribution is 8.18. The number of amidine groups is 1. The Balaban J connectivity index is 1.76. The van der Waals surface area contributed by atoms with Crippen molar-refractivity contribution in [2.24, 2.45) is 4.99 Å². The van der Waals surface area contributed by atoms with E-state index in [9.17, 15) is 9.90 Å². The van der Waals surface area contributed by atoms with Crippen molar-refractivity contribution in [3.8, 4) is 5.75 Å². The highest BCUT2D eigenvalue weighted by atomic mass is 32.2. The Morgan fingerprint density at radius 2 is 1.80 bits per heavy atom. The molecule has 3 rings (SSSR count). The zero-order valence-electron chi connectivity index (χ0n) is 14.0. The number of carbonyl (C=O) groups excluding carboxylic acids is 1. The SMILES string of the molecule is CC(=Cc1ccccc1)/C=C1\SC(N(C)c2ccc(O)cc2)=NC1=O. The lowest BCUT2D eigenvalue weighted by molar-refractivity contribution is -0.113. The number of phenolic OH excluding ortho intramolecular Hbond substituents is 1. The Hall–Kier alpha value is -2.79. The normalized spacial score (nSPS) is 16.2. The van der Waals surface area contributed by atoms with Gasteiger partial charge in [0.2, 0.25) is 0 Å². The maximum atomic E-state index is 12.2. The molecule has 126 valence electrons. The third kappa shape index (κ3) is 4.19. The Morgan fingerprint density at radius 1 is 1.12 bits per heavy atom. The average molecular weight is 350 g/mol. The minimum Gasteiger partial charge on any atom is -0.508 e. The number of aliphatic imine (C=N–C) groups is 1. The number of phenols is 1. The summed E-state index contributed by atoms with van der Waals surface area (Å²) >= 11 is 1.35. The van der Waals surface area contributed by atoms with E-state index in [1.807, 2.05) is 61.4 Å². The molecule has 1 N–H and O–H groups in total. The number of hydrogen-bond acceptors (Lipinski definition) is 4. The van der Waals surface area contributed by atoms with Gasteiger partial charge >= 0.3 is 0 Å². The first-order valence-electron chi connectivity index (χ1n) is 7.81. The van der Waals surface area contributed by atoms with Crippen LogP contribution in [0.15, 0.2) is 76.1 Å². The van der Waals surface area contributed by atoms with Gasteiger partial charge in [-0.2, -0.15) is 4.99 Å². The van der Waals surface area contributed by atoms with Crippen molar-refractivity contribution in [2.45, 2.75) is 6.92 Å². The molecule has 0 atom stereocenters. The summed E-state index contributed by atoms with van der Waals surface area (Å²) in [5.41, 5.74) is 2.94. The largest absolute Gasteiger partial charge is 0.508 e. The van der Waals surface area contributed by atoms with Gasteiger partial charge in [-0.3, -0.25) is 4.79 Å². The van der Waals surface area contributed by atoms with E-state index in [2.05, 4.69) is 4.99 Å². The third-order valence-electron chi connectivity index (χ3n) is 3.69. The summed E-state index contributed by atoms with van der Waals surface area (Å²) in [6.07, 6.45) is 3.89. The molecule has 1 aliphatic rings. The summed E-state index contributed by atoms with van der Waals surface area (Å²) in [5.74, 6) is -0.0251. The van der Waals surface area contributed by atoms with E-state index in [-0.39, 0.29) is 11.7 Å². The number of allylic oxidation sites excluding steroid dienone is 2. The zero-order valence-corrected chi connectivity index (χ0v) is 14.8. The summed E-state index contributed by atoms with van der Waals surface area (Å²) in [4.78, 5) is 18.8. The van der Waals surface area contributed by atoms with Gasteiger partial charge in [-0.25, -0.2) is 0 Å². The number of nitrogens with zero attached hydrogens (tertiary/aromatic N) is 2. The van der Waals surface area contributed by atoms with Crippen molar-refractivity contribution >= 4 is 34.6 Å². The standard InChI is InChI=1S/C20H18N2O2S/c1-14(12-15-6-4-3-5-7-15)13-18-19(24)21-20(25-18)22(2)16-8-10-17(23)11-9-16/h3-13,23H,1-2H3/b14-12?,18-13-. The second kappa shape index (κ2) is 7.40. The maximum absolute atomic E-state index is 12.2. The van der Waals surface area contributed by atoms with Crippen LogP contribution in [0, 0.1) is 0 Å². The van der Waals surface area contributed by atoms with Crippen molar-refractivity contribution in [1.82, 2.24) is 0 Å². The van der Waals surface area contributed by atoms with Crippen LogP contribution in [0.4, 0.5) is 5.69 Å². The van der Waals surface area contributed by atoms with E-state index in [1.165, 1.54) is 11.8 Å². The van der Waals surface area contributed by atoms with Gasteiger partial charge in [0.1, 0.15) is 5.75 Å². The molecule has 0 saturated heterocycles. The number of rotatable bonds is 3. The number of anilines is 1. The van der Waals surface area contributed by atoms with Crippen LogP contribution in [0.2, 0.25) is 0 Å². The molecule has 1 heterocycles. The molecule has 0 fully saturated rings. The van der Waals surface area contributed by atoms with Crippen LogP contribution in [-0.4, -0.2) is 23.2 Å². The Bertz CT molecular complexity index is 868. The van der Waals surface area contributed by atoms with Crippen molar-refractivity contribution in [1.29, 1.82) is 0 Å². The van der Waals surface area contributed by atoms with Crippen LogP contribution in [0.25, 0.3) is 6.08 Å². The van der Waals surface area contributed by atoms with Crippen LogP contribution in [0.3, 0.4) is 0 Å². The topological polar surface area (TPSA) is 52.9 Å². The van der Waals surface area contributed by atoms with Gasteiger partial charge in [-0.05, 0) is 60.2 Å². The molecule has 1 aliphatic heterocycles. The molecule has 0 spiro atoms. The Kier molecular flexibility index (Phi) is 5.05. The summed E-state index contributed by atoms with van der Waals surface area (Å²) in [6.45, 7) is 1.97. The van der Waals surface area contributed by atoms with Gasteiger partial charge in [0.05, 0.1) is 4.91 Å².